The fourth-order valence-corrected chi connectivity index (χ4v) is 3.78. The topological polar surface area (TPSA) is 79.3 Å². The van der Waals surface area contributed by atoms with E-state index in [2.05, 4.69) is 21.0 Å². The van der Waals surface area contributed by atoms with Crippen LogP contribution in [0.25, 0.3) is 0 Å². The molecule has 2 aromatic rings. The number of hydrazone groups is 1. The first-order chi connectivity index (χ1) is 13.4. The highest BCUT2D eigenvalue weighted by molar-refractivity contribution is 9.10. The molecule has 0 spiro atoms. The van der Waals surface area contributed by atoms with Crippen LogP contribution in [0.15, 0.2) is 58.1 Å². The van der Waals surface area contributed by atoms with Gasteiger partial charge < -0.3 is 4.74 Å². The highest BCUT2D eigenvalue weighted by Gasteiger charge is 2.59. The van der Waals surface area contributed by atoms with Crippen LogP contribution in [-0.2, 0) is 19.1 Å². The Morgan fingerprint density at radius 2 is 1.79 bits per heavy atom. The van der Waals surface area contributed by atoms with Crippen molar-refractivity contribution in [3.8, 4) is 0 Å². The second-order valence-electron chi connectivity index (χ2n) is 6.57. The molecule has 2 amide bonds. The molecule has 2 aliphatic heterocycles. The molecule has 2 aliphatic rings. The van der Waals surface area contributed by atoms with Gasteiger partial charge in [0.2, 0.25) is 5.91 Å². The van der Waals surface area contributed by atoms with Gasteiger partial charge in [-0.15, -0.1) is 0 Å². The van der Waals surface area contributed by atoms with Crippen molar-refractivity contribution < 1.29 is 19.1 Å². The number of aryl methyl sites for hydroxylation is 1. The predicted molar refractivity (Wildman–Crippen MR) is 107 cm³/mol. The zero-order valence-electron chi connectivity index (χ0n) is 15.1. The molecule has 0 aromatic heterocycles. The van der Waals surface area contributed by atoms with Gasteiger partial charge in [0.25, 0.3) is 5.91 Å². The standard InChI is InChI=1S/C20H16BrN3O4/c1-11-4-3-5-14(10-11)24-17-15(16(22-24)20(27)28-2)18(25)23(19(17)26)13-8-6-12(21)7-9-13/h3-10,15,17H,1-2H3/t15-,17-/m0/s1. The summed E-state index contributed by atoms with van der Waals surface area (Å²) in [6, 6.07) is 13.3. The van der Waals surface area contributed by atoms with Crippen LogP contribution in [0.5, 0.6) is 0 Å². The van der Waals surface area contributed by atoms with Gasteiger partial charge in [-0.1, -0.05) is 28.1 Å². The summed E-state index contributed by atoms with van der Waals surface area (Å²) in [5, 5.41) is 5.74. The number of fused-ring (bicyclic) bond motifs is 1. The Morgan fingerprint density at radius 1 is 1.07 bits per heavy atom. The number of esters is 1. The highest BCUT2D eigenvalue weighted by Crippen LogP contribution is 2.38. The van der Waals surface area contributed by atoms with Gasteiger partial charge in [-0.05, 0) is 48.9 Å². The summed E-state index contributed by atoms with van der Waals surface area (Å²) in [6.07, 6.45) is 0. The van der Waals surface area contributed by atoms with Crippen molar-refractivity contribution >= 4 is 50.8 Å². The van der Waals surface area contributed by atoms with E-state index in [0.29, 0.717) is 11.4 Å². The van der Waals surface area contributed by atoms with E-state index in [4.69, 9.17) is 4.74 Å². The Hall–Kier alpha value is -3.00. The summed E-state index contributed by atoms with van der Waals surface area (Å²) in [7, 11) is 1.23. The maximum absolute atomic E-state index is 13.2. The van der Waals surface area contributed by atoms with Gasteiger partial charge in [0.05, 0.1) is 18.5 Å². The number of hydrogen-bond acceptors (Lipinski definition) is 6. The van der Waals surface area contributed by atoms with E-state index in [9.17, 15) is 14.4 Å². The Bertz CT molecular complexity index is 1020. The molecule has 0 radical (unpaired) electrons. The van der Waals surface area contributed by atoms with E-state index in [1.165, 1.54) is 12.1 Å². The first-order valence-corrected chi connectivity index (χ1v) is 9.38. The first-order valence-electron chi connectivity index (χ1n) is 8.58. The number of amides is 2. The van der Waals surface area contributed by atoms with Crippen LogP contribution in [0.4, 0.5) is 11.4 Å². The third-order valence-corrected chi connectivity index (χ3v) is 5.32. The van der Waals surface area contributed by atoms with E-state index in [1.807, 2.05) is 25.1 Å². The Kier molecular flexibility index (Phi) is 4.50. The molecular formula is C20H16BrN3O4. The molecule has 0 saturated carbocycles. The molecule has 2 aromatic carbocycles. The minimum Gasteiger partial charge on any atom is -0.464 e. The van der Waals surface area contributed by atoms with Crippen molar-refractivity contribution in [3.63, 3.8) is 0 Å². The van der Waals surface area contributed by atoms with Crippen LogP contribution in [0.3, 0.4) is 0 Å². The number of rotatable bonds is 3. The average molecular weight is 442 g/mol. The Balaban J connectivity index is 1.81. The normalized spacial score (nSPS) is 21.0. The number of anilines is 2. The number of carbonyl (C=O) groups excluding carboxylic acids is 3. The van der Waals surface area contributed by atoms with Gasteiger partial charge in [-0.2, -0.15) is 5.10 Å². The fraction of sp³-hybridized carbons (Fsp3) is 0.200. The summed E-state index contributed by atoms with van der Waals surface area (Å²) in [4.78, 5) is 39.8. The van der Waals surface area contributed by atoms with Crippen molar-refractivity contribution in [1.29, 1.82) is 0 Å². The molecule has 0 bridgehead atoms. The minimum atomic E-state index is -1.01. The third kappa shape index (κ3) is 2.80. The number of imide groups is 1. The van der Waals surface area contributed by atoms with Crippen LogP contribution < -0.4 is 9.91 Å². The monoisotopic (exact) mass is 441 g/mol. The number of nitrogens with zero attached hydrogens (tertiary/aromatic N) is 3. The van der Waals surface area contributed by atoms with Crippen LogP contribution in [0, 0.1) is 12.8 Å². The molecule has 142 valence electrons. The lowest BCUT2D eigenvalue weighted by Crippen LogP contribution is -2.39. The van der Waals surface area contributed by atoms with Crippen LogP contribution in [0.1, 0.15) is 5.56 Å². The van der Waals surface area contributed by atoms with E-state index >= 15 is 0 Å². The largest absolute Gasteiger partial charge is 0.464 e. The van der Waals surface area contributed by atoms with E-state index in [1.54, 1.807) is 30.3 Å². The quantitative estimate of drug-likeness (QED) is 0.540. The summed E-state index contributed by atoms with van der Waals surface area (Å²) in [6.45, 7) is 1.91. The molecular weight excluding hydrogens is 426 g/mol. The second kappa shape index (κ2) is 6.87. The van der Waals surface area contributed by atoms with Crippen molar-refractivity contribution in [2.75, 3.05) is 17.0 Å². The maximum atomic E-state index is 13.2. The Labute approximate surface area is 169 Å². The number of benzene rings is 2. The summed E-state index contributed by atoms with van der Waals surface area (Å²) < 4.78 is 5.63. The molecule has 1 saturated heterocycles. The number of ether oxygens (including phenoxy) is 1. The van der Waals surface area contributed by atoms with Gasteiger partial charge in [0.1, 0.15) is 12.0 Å². The lowest BCUT2D eigenvalue weighted by atomic mass is 9.97. The molecule has 0 unspecified atom stereocenters. The molecule has 4 rings (SSSR count). The molecule has 2 atom stereocenters. The number of methoxy groups -OCH3 is 1. The summed E-state index contributed by atoms with van der Waals surface area (Å²) in [5.74, 6) is -2.65. The number of halogens is 1. The smallest absolute Gasteiger partial charge is 0.355 e. The van der Waals surface area contributed by atoms with Gasteiger partial charge in [0.15, 0.2) is 5.71 Å². The van der Waals surface area contributed by atoms with Crippen molar-refractivity contribution in [3.05, 3.63) is 58.6 Å². The van der Waals surface area contributed by atoms with Gasteiger partial charge in [-0.25, -0.2) is 9.69 Å². The molecule has 1 fully saturated rings. The van der Waals surface area contributed by atoms with Gasteiger partial charge in [0, 0.05) is 4.47 Å². The predicted octanol–water partition coefficient (Wildman–Crippen LogP) is 2.66. The minimum absolute atomic E-state index is 0.0630. The Morgan fingerprint density at radius 3 is 2.43 bits per heavy atom. The average Bonchev–Trinajstić information content (AvgIpc) is 3.20. The van der Waals surface area contributed by atoms with E-state index in [-0.39, 0.29) is 5.71 Å². The molecule has 7 nitrogen and oxygen atoms in total. The third-order valence-electron chi connectivity index (χ3n) is 4.79. The molecule has 28 heavy (non-hydrogen) atoms. The SMILES string of the molecule is COC(=O)C1=NN(c2cccc(C)c2)[C@@H]2C(=O)N(c3ccc(Br)cc3)C(=O)[C@@H]12. The first kappa shape index (κ1) is 18.4. The zero-order valence-corrected chi connectivity index (χ0v) is 16.7. The lowest BCUT2D eigenvalue weighted by Gasteiger charge is -2.22. The van der Waals surface area contributed by atoms with Crippen molar-refractivity contribution in [2.24, 2.45) is 11.0 Å². The molecule has 2 heterocycles. The summed E-state index contributed by atoms with van der Waals surface area (Å²) >= 11 is 3.34. The fourth-order valence-electron chi connectivity index (χ4n) is 3.52. The highest BCUT2D eigenvalue weighted by atomic mass is 79.9. The molecule has 0 N–H and O–H groups in total. The molecule has 0 aliphatic carbocycles. The van der Waals surface area contributed by atoms with Crippen LogP contribution in [-0.4, -0.2) is 36.6 Å². The van der Waals surface area contributed by atoms with Crippen molar-refractivity contribution in [2.45, 2.75) is 13.0 Å². The number of carbonyl (C=O) groups is 3. The van der Waals surface area contributed by atoms with E-state index < -0.39 is 29.7 Å². The zero-order chi connectivity index (χ0) is 20.0. The van der Waals surface area contributed by atoms with Gasteiger partial charge >= 0.3 is 5.97 Å². The van der Waals surface area contributed by atoms with Crippen molar-refractivity contribution in [1.82, 2.24) is 0 Å². The second-order valence-corrected chi connectivity index (χ2v) is 7.49. The number of hydrogen-bond donors (Lipinski definition) is 0. The van der Waals surface area contributed by atoms with Crippen LogP contribution in [0.2, 0.25) is 0 Å². The maximum Gasteiger partial charge on any atom is 0.355 e. The summed E-state index contributed by atoms with van der Waals surface area (Å²) in [5.41, 5.74) is 1.98. The molecule has 8 heteroatoms. The van der Waals surface area contributed by atoms with Gasteiger partial charge in [-0.3, -0.25) is 14.6 Å². The van der Waals surface area contributed by atoms with Crippen LogP contribution >= 0.6 is 15.9 Å². The van der Waals surface area contributed by atoms with E-state index in [0.717, 1.165) is 14.9 Å². The lowest BCUT2D eigenvalue weighted by molar-refractivity contribution is -0.133.